The smallest absolute Gasteiger partial charge is 0.0620 e. The molecule has 17 heavy (non-hydrogen) atoms. The third-order valence-electron chi connectivity index (χ3n) is 4.28. The Hall–Kier alpha value is -0.290. The van der Waals surface area contributed by atoms with Gasteiger partial charge in [0.2, 0.25) is 0 Å². The molecular formula is C15H26NP. The van der Waals surface area contributed by atoms with Crippen molar-refractivity contribution >= 4 is 8.19 Å². The first-order chi connectivity index (χ1) is 8.31. The molecule has 1 aliphatic rings. The maximum absolute atomic E-state index is 4.63. The van der Waals surface area contributed by atoms with Crippen LogP contribution >= 0.6 is 8.19 Å². The fourth-order valence-corrected chi connectivity index (χ4v) is 4.10. The number of nitrogens with zero attached hydrogens (tertiary/aromatic N) is 1. The summed E-state index contributed by atoms with van der Waals surface area (Å²) in [6, 6.07) is 0. The minimum atomic E-state index is 0.409. The summed E-state index contributed by atoms with van der Waals surface area (Å²) in [5, 5.41) is 0. The van der Waals surface area contributed by atoms with E-state index in [2.05, 4.69) is 17.7 Å². The van der Waals surface area contributed by atoms with Crippen LogP contribution < -0.4 is 0 Å². The summed E-state index contributed by atoms with van der Waals surface area (Å²) in [4.78, 5) is 4.63. The van der Waals surface area contributed by atoms with Crippen LogP contribution in [0.3, 0.4) is 0 Å². The molecule has 0 saturated heterocycles. The first kappa shape index (κ1) is 13.1. The van der Waals surface area contributed by atoms with Gasteiger partial charge in [0.15, 0.2) is 0 Å². The number of hydrogen-bond acceptors (Lipinski definition) is 1. The molecular weight excluding hydrogens is 225 g/mol. The van der Waals surface area contributed by atoms with Gasteiger partial charge in [0.25, 0.3) is 0 Å². The molecule has 0 aliphatic heterocycles. The number of hydrogen-bond donors (Lipinski definition) is 0. The Balaban J connectivity index is 2.01. The van der Waals surface area contributed by atoms with Crippen molar-refractivity contribution in [2.24, 2.45) is 0 Å². The summed E-state index contributed by atoms with van der Waals surface area (Å²) in [7, 11) is 0.860. The predicted octanol–water partition coefficient (Wildman–Crippen LogP) is 5.29. The van der Waals surface area contributed by atoms with Gasteiger partial charge in [0.1, 0.15) is 0 Å². The fourth-order valence-electron chi connectivity index (χ4n) is 3.05. The molecule has 1 heterocycles. The highest BCUT2D eigenvalue weighted by atomic mass is 31.0. The molecule has 1 unspecified atom stereocenters. The third-order valence-corrected chi connectivity index (χ3v) is 5.60. The zero-order valence-electron chi connectivity index (χ0n) is 11.2. The van der Waals surface area contributed by atoms with E-state index in [-0.39, 0.29) is 0 Å². The van der Waals surface area contributed by atoms with Crippen LogP contribution in [0.4, 0.5) is 0 Å². The summed E-state index contributed by atoms with van der Waals surface area (Å²) in [6.45, 7) is 2.46. The monoisotopic (exact) mass is 251 g/mol. The standard InChI is InChI=1S/C15H26NP/c1-15(14-16-12-13-17-14)10-8-6-4-2-3-5-7-9-11-15/h12-13,17H,2-11H2,1H3. The molecule has 1 atom stereocenters. The highest BCUT2D eigenvalue weighted by molar-refractivity contribution is 7.30. The zero-order chi connectivity index (χ0) is 12.0. The van der Waals surface area contributed by atoms with Crippen molar-refractivity contribution < 1.29 is 0 Å². The number of aromatic nitrogens is 1. The van der Waals surface area contributed by atoms with E-state index < -0.39 is 0 Å². The third kappa shape index (κ3) is 3.85. The molecule has 2 rings (SSSR count). The first-order valence-corrected chi connectivity index (χ1v) is 8.39. The molecule has 2 heteroatoms. The lowest BCUT2D eigenvalue weighted by Crippen LogP contribution is -2.21. The lowest BCUT2D eigenvalue weighted by atomic mass is 9.80. The Morgan fingerprint density at radius 1 is 0.941 bits per heavy atom. The highest BCUT2D eigenvalue weighted by Gasteiger charge is 2.27. The van der Waals surface area contributed by atoms with Crippen molar-refractivity contribution in [3.05, 3.63) is 17.4 Å². The normalized spacial score (nSPS) is 23.4. The van der Waals surface area contributed by atoms with Crippen LogP contribution in [-0.4, -0.2) is 4.98 Å². The lowest BCUT2D eigenvalue weighted by Gasteiger charge is -2.28. The summed E-state index contributed by atoms with van der Waals surface area (Å²) >= 11 is 0. The minimum absolute atomic E-state index is 0.409. The zero-order valence-corrected chi connectivity index (χ0v) is 12.2. The Kier molecular flexibility index (Phi) is 5.10. The Bertz CT molecular complexity index is 293. The van der Waals surface area contributed by atoms with Gasteiger partial charge in [-0.15, -0.1) is 8.19 Å². The van der Waals surface area contributed by atoms with Gasteiger partial charge >= 0.3 is 0 Å². The topological polar surface area (TPSA) is 12.9 Å². The van der Waals surface area contributed by atoms with E-state index in [1.807, 2.05) is 6.20 Å². The molecule has 96 valence electrons. The van der Waals surface area contributed by atoms with Gasteiger partial charge in [-0.25, -0.2) is 0 Å². The molecule has 0 bridgehead atoms. The quantitative estimate of drug-likeness (QED) is 0.661. The maximum atomic E-state index is 4.63. The van der Waals surface area contributed by atoms with Crippen LogP contribution in [0.2, 0.25) is 0 Å². The second-order valence-corrected chi connectivity index (χ2v) is 6.92. The van der Waals surface area contributed by atoms with Crippen molar-refractivity contribution in [2.45, 2.75) is 76.5 Å². The molecule has 0 amide bonds. The second kappa shape index (κ2) is 6.59. The van der Waals surface area contributed by atoms with Gasteiger partial charge in [-0.1, -0.05) is 58.3 Å². The average Bonchev–Trinajstić information content (AvgIpc) is 2.84. The van der Waals surface area contributed by atoms with Gasteiger partial charge in [-0.2, -0.15) is 0 Å². The molecule has 1 fully saturated rings. The highest BCUT2D eigenvalue weighted by Crippen LogP contribution is 2.38. The molecule has 0 radical (unpaired) electrons. The van der Waals surface area contributed by atoms with Crippen molar-refractivity contribution in [3.8, 4) is 0 Å². The van der Waals surface area contributed by atoms with Crippen molar-refractivity contribution in [3.63, 3.8) is 0 Å². The largest absolute Gasteiger partial charge is 0.256 e. The van der Waals surface area contributed by atoms with E-state index in [0.29, 0.717) is 5.41 Å². The van der Waals surface area contributed by atoms with Gasteiger partial charge in [0, 0.05) is 11.6 Å². The first-order valence-electron chi connectivity index (χ1n) is 7.31. The molecule has 1 nitrogen and oxygen atoms in total. The van der Waals surface area contributed by atoms with Crippen LogP contribution in [0.25, 0.3) is 0 Å². The van der Waals surface area contributed by atoms with Crippen LogP contribution in [0.1, 0.15) is 76.6 Å². The molecule has 1 aliphatic carbocycles. The molecule has 1 aromatic heterocycles. The molecule has 0 spiro atoms. The van der Waals surface area contributed by atoms with Crippen LogP contribution in [-0.2, 0) is 5.41 Å². The molecule has 1 saturated carbocycles. The summed E-state index contributed by atoms with van der Waals surface area (Å²) in [6.07, 6.45) is 16.2. The SMILES string of the molecule is CC1(c2ncc[pH]2)CCCCCCCCCC1. The van der Waals surface area contributed by atoms with Crippen molar-refractivity contribution in [1.82, 2.24) is 4.98 Å². The molecule has 0 aromatic carbocycles. The molecule has 0 N–H and O–H groups in total. The Morgan fingerprint density at radius 2 is 1.47 bits per heavy atom. The van der Waals surface area contributed by atoms with E-state index in [4.69, 9.17) is 0 Å². The van der Waals surface area contributed by atoms with Gasteiger partial charge in [0.05, 0.1) is 5.43 Å². The maximum Gasteiger partial charge on any atom is 0.0620 e. The van der Waals surface area contributed by atoms with E-state index in [9.17, 15) is 0 Å². The Labute approximate surface area is 108 Å². The predicted molar refractivity (Wildman–Crippen MR) is 77.3 cm³/mol. The van der Waals surface area contributed by atoms with Crippen LogP contribution in [0.15, 0.2) is 12.0 Å². The minimum Gasteiger partial charge on any atom is -0.256 e. The van der Waals surface area contributed by atoms with Gasteiger partial charge in [-0.3, -0.25) is 4.98 Å². The number of rotatable bonds is 1. The molecule has 1 aromatic rings. The fraction of sp³-hybridized carbons (Fsp3) is 0.800. The van der Waals surface area contributed by atoms with Gasteiger partial charge in [-0.05, 0) is 18.6 Å². The van der Waals surface area contributed by atoms with Crippen molar-refractivity contribution in [2.75, 3.05) is 0 Å². The van der Waals surface area contributed by atoms with Crippen LogP contribution in [0, 0.1) is 0 Å². The van der Waals surface area contributed by atoms with Crippen molar-refractivity contribution in [1.29, 1.82) is 0 Å². The summed E-state index contributed by atoms with van der Waals surface area (Å²) < 4.78 is 0. The summed E-state index contributed by atoms with van der Waals surface area (Å²) in [5.74, 6) is 2.24. The van der Waals surface area contributed by atoms with E-state index in [1.54, 1.807) is 0 Å². The summed E-state index contributed by atoms with van der Waals surface area (Å²) in [5.41, 5.74) is 1.89. The van der Waals surface area contributed by atoms with E-state index in [1.165, 1.54) is 69.6 Å². The van der Waals surface area contributed by atoms with Crippen LogP contribution in [0.5, 0.6) is 0 Å². The Morgan fingerprint density at radius 3 is 1.94 bits per heavy atom. The van der Waals surface area contributed by atoms with E-state index in [0.717, 1.165) is 8.19 Å². The second-order valence-electron chi connectivity index (χ2n) is 5.83. The van der Waals surface area contributed by atoms with E-state index >= 15 is 0 Å². The lowest BCUT2D eigenvalue weighted by molar-refractivity contribution is 0.369. The van der Waals surface area contributed by atoms with Gasteiger partial charge < -0.3 is 0 Å². The average molecular weight is 251 g/mol.